The van der Waals surface area contributed by atoms with E-state index in [1.54, 1.807) is 0 Å². The Balaban J connectivity index is 1.70. The molecule has 0 saturated carbocycles. The Morgan fingerprint density at radius 3 is 2.88 bits per heavy atom. The van der Waals surface area contributed by atoms with E-state index in [4.69, 9.17) is 16.3 Å². The molecule has 0 spiro atoms. The Kier molecular flexibility index (Phi) is 6.40. The van der Waals surface area contributed by atoms with Crippen LogP contribution >= 0.6 is 11.6 Å². The second-order valence-electron chi connectivity index (χ2n) is 6.09. The van der Waals surface area contributed by atoms with Gasteiger partial charge in [-0.05, 0) is 23.8 Å². The molecule has 1 aromatic carbocycles. The Morgan fingerprint density at radius 1 is 1.25 bits per heavy atom. The zero-order chi connectivity index (χ0) is 16.8. The van der Waals surface area contributed by atoms with E-state index in [1.807, 2.05) is 30.5 Å². The number of nitrogens with zero attached hydrogens (tertiary/aromatic N) is 3. The molecule has 1 saturated heterocycles. The third-order valence-electron chi connectivity index (χ3n) is 4.39. The number of morpholine rings is 1. The number of fused-ring (bicyclic) bond motifs is 1. The summed E-state index contributed by atoms with van der Waals surface area (Å²) in [5.74, 6) is 0. The predicted octanol–water partition coefficient (Wildman–Crippen LogP) is 2.01. The van der Waals surface area contributed by atoms with Gasteiger partial charge in [0.2, 0.25) is 0 Å². The monoisotopic (exact) mass is 349 g/mol. The highest BCUT2D eigenvalue weighted by Gasteiger charge is 2.14. The lowest BCUT2D eigenvalue weighted by atomic mass is 10.1. The van der Waals surface area contributed by atoms with Gasteiger partial charge in [-0.25, -0.2) is 0 Å². The maximum atomic E-state index is 9.40. The first-order chi connectivity index (χ1) is 11.8. The number of aliphatic hydroxyl groups is 1. The highest BCUT2D eigenvalue weighted by molar-refractivity contribution is 6.31. The first kappa shape index (κ1) is 17.6. The van der Waals surface area contributed by atoms with Crippen LogP contribution in [0.5, 0.6) is 0 Å². The predicted molar refractivity (Wildman–Crippen MR) is 96.4 cm³/mol. The minimum atomic E-state index is 0.148. The number of hydrogen-bond acceptors (Lipinski definition) is 5. The fourth-order valence-electron chi connectivity index (χ4n) is 3.11. The van der Waals surface area contributed by atoms with Crippen molar-refractivity contribution >= 4 is 22.5 Å². The molecule has 5 nitrogen and oxygen atoms in total. The summed E-state index contributed by atoms with van der Waals surface area (Å²) in [6.45, 7) is 6.99. The Morgan fingerprint density at radius 2 is 2.08 bits per heavy atom. The van der Waals surface area contributed by atoms with Gasteiger partial charge in [-0.3, -0.25) is 14.8 Å². The number of benzene rings is 1. The van der Waals surface area contributed by atoms with Gasteiger partial charge < -0.3 is 9.84 Å². The maximum Gasteiger partial charge on any atom is 0.0747 e. The van der Waals surface area contributed by atoms with E-state index in [0.29, 0.717) is 6.54 Å². The van der Waals surface area contributed by atoms with E-state index in [1.165, 1.54) is 0 Å². The van der Waals surface area contributed by atoms with Crippen molar-refractivity contribution in [2.45, 2.75) is 6.54 Å². The largest absolute Gasteiger partial charge is 0.395 e. The van der Waals surface area contributed by atoms with Crippen molar-refractivity contribution in [3.63, 3.8) is 0 Å². The number of aliphatic hydroxyl groups excluding tert-OH is 1. The lowest BCUT2D eigenvalue weighted by Crippen LogP contribution is -2.41. The van der Waals surface area contributed by atoms with Crippen molar-refractivity contribution in [3.05, 3.63) is 41.0 Å². The fourth-order valence-corrected chi connectivity index (χ4v) is 3.36. The van der Waals surface area contributed by atoms with Crippen LogP contribution < -0.4 is 0 Å². The molecule has 0 amide bonds. The Labute approximate surface area is 147 Å². The topological polar surface area (TPSA) is 48.8 Å². The van der Waals surface area contributed by atoms with Gasteiger partial charge in [-0.1, -0.05) is 17.7 Å². The SMILES string of the molecule is OCCN(CCN1CCOCC1)Cc1cc(Cl)cc2cccnc12. The smallest absolute Gasteiger partial charge is 0.0747 e. The minimum Gasteiger partial charge on any atom is -0.395 e. The molecule has 2 aromatic rings. The van der Waals surface area contributed by atoms with Gasteiger partial charge in [-0.2, -0.15) is 0 Å². The van der Waals surface area contributed by atoms with E-state index in [9.17, 15) is 5.11 Å². The molecule has 0 bridgehead atoms. The van der Waals surface area contributed by atoms with Crippen molar-refractivity contribution in [1.29, 1.82) is 0 Å². The van der Waals surface area contributed by atoms with Gasteiger partial charge in [0.25, 0.3) is 0 Å². The van der Waals surface area contributed by atoms with E-state index in [2.05, 4.69) is 14.8 Å². The summed E-state index contributed by atoms with van der Waals surface area (Å²) < 4.78 is 5.39. The maximum absolute atomic E-state index is 9.40. The van der Waals surface area contributed by atoms with Gasteiger partial charge in [0, 0.05) is 55.9 Å². The van der Waals surface area contributed by atoms with Gasteiger partial charge in [0.15, 0.2) is 0 Å². The van der Waals surface area contributed by atoms with Crippen LogP contribution in [0.4, 0.5) is 0 Å². The third-order valence-corrected chi connectivity index (χ3v) is 4.61. The zero-order valence-electron chi connectivity index (χ0n) is 13.8. The lowest BCUT2D eigenvalue weighted by Gasteiger charge is -2.30. The summed E-state index contributed by atoms with van der Waals surface area (Å²) in [5.41, 5.74) is 2.09. The number of hydrogen-bond donors (Lipinski definition) is 1. The van der Waals surface area contributed by atoms with E-state index in [0.717, 1.165) is 67.4 Å². The first-order valence-corrected chi connectivity index (χ1v) is 8.80. The van der Waals surface area contributed by atoms with Crippen LogP contribution in [0.2, 0.25) is 5.02 Å². The Bertz CT molecular complexity index is 662. The summed E-state index contributed by atoms with van der Waals surface area (Å²) in [4.78, 5) is 9.17. The Hall–Kier alpha value is -1.24. The molecular weight excluding hydrogens is 326 g/mol. The molecule has 2 heterocycles. The van der Waals surface area contributed by atoms with Gasteiger partial charge in [0.1, 0.15) is 0 Å². The summed E-state index contributed by atoms with van der Waals surface area (Å²) in [6.07, 6.45) is 1.81. The van der Waals surface area contributed by atoms with Crippen LogP contribution in [0.1, 0.15) is 5.56 Å². The molecule has 130 valence electrons. The van der Waals surface area contributed by atoms with E-state index in [-0.39, 0.29) is 6.61 Å². The molecule has 1 aliphatic heterocycles. The number of ether oxygens (including phenoxy) is 1. The molecular formula is C18H24ClN3O2. The minimum absolute atomic E-state index is 0.148. The van der Waals surface area contributed by atoms with Crippen molar-refractivity contribution in [2.75, 3.05) is 52.5 Å². The molecule has 1 fully saturated rings. The van der Waals surface area contributed by atoms with Crippen molar-refractivity contribution in [2.24, 2.45) is 0 Å². The van der Waals surface area contributed by atoms with E-state index < -0.39 is 0 Å². The average molecular weight is 350 g/mol. The van der Waals surface area contributed by atoms with Crippen LogP contribution in [0.3, 0.4) is 0 Å². The highest BCUT2D eigenvalue weighted by atomic mass is 35.5. The van der Waals surface area contributed by atoms with Gasteiger partial charge >= 0.3 is 0 Å². The lowest BCUT2D eigenvalue weighted by molar-refractivity contribution is 0.0320. The van der Waals surface area contributed by atoms with Crippen LogP contribution in [0.15, 0.2) is 30.5 Å². The molecule has 0 aliphatic carbocycles. The molecule has 1 aliphatic rings. The molecule has 1 N–H and O–H groups in total. The third kappa shape index (κ3) is 4.65. The molecule has 0 atom stereocenters. The van der Waals surface area contributed by atoms with Crippen molar-refractivity contribution in [1.82, 2.24) is 14.8 Å². The first-order valence-electron chi connectivity index (χ1n) is 8.43. The van der Waals surface area contributed by atoms with Gasteiger partial charge in [0.05, 0.1) is 25.3 Å². The quantitative estimate of drug-likeness (QED) is 0.828. The number of aromatic nitrogens is 1. The molecule has 6 heteroatoms. The summed E-state index contributed by atoms with van der Waals surface area (Å²) in [5, 5.41) is 11.2. The number of halogens is 1. The van der Waals surface area contributed by atoms with Crippen LogP contribution in [-0.2, 0) is 11.3 Å². The number of rotatable bonds is 7. The summed E-state index contributed by atoms with van der Waals surface area (Å²) in [7, 11) is 0. The van der Waals surface area contributed by atoms with Crippen LogP contribution in [0, 0.1) is 0 Å². The molecule has 1 aromatic heterocycles. The normalized spacial score (nSPS) is 16.1. The fraction of sp³-hybridized carbons (Fsp3) is 0.500. The van der Waals surface area contributed by atoms with Crippen molar-refractivity contribution < 1.29 is 9.84 Å². The van der Waals surface area contributed by atoms with Crippen LogP contribution in [0.25, 0.3) is 10.9 Å². The van der Waals surface area contributed by atoms with Crippen molar-refractivity contribution in [3.8, 4) is 0 Å². The molecule has 0 unspecified atom stereocenters. The summed E-state index contributed by atoms with van der Waals surface area (Å²) in [6, 6.07) is 7.88. The molecule has 24 heavy (non-hydrogen) atoms. The van der Waals surface area contributed by atoms with Gasteiger partial charge in [-0.15, -0.1) is 0 Å². The summed E-state index contributed by atoms with van der Waals surface area (Å²) >= 11 is 6.27. The standard InChI is InChI=1S/C18H24ClN3O2/c19-17-12-15-2-1-3-20-18(15)16(13-17)14-22(6-9-23)5-4-21-7-10-24-11-8-21/h1-3,12-13,23H,4-11,14H2. The zero-order valence-corrected chi connectivity index (χ0v) is 14.6. The molecule has 3 rings (SSSR count). The van der Waals surface area contributed by atoms with Crippen LogP contribution in [-0.4, -0.2) is 72.4 Å². The molecule has 0 radical (unpaired) electrons. The highest BCUT2D eigenvalue weighted by Crippen LogP contribution is 2.23. The second-order valence-corrected chi connectivity index (χ2v) is 6.53. The second kappa shape index (κ2) is 8.74. The van der Waals surface area contributed by atoms with E-state index >= 15 is 0 Å². The number of pyridine rings is 1. The average Bonchev–Trinajstić information content (AvgIpc) is 2.60.